The second-order valence-electron chi connectivity index (χ2n) is 7.23. The summed E-state index contributed by atoms with van der Waals surface area (Å²) in [5.41, 5.74) is 3.58. The molecule has 0 saturated carbocycles. The summed E-state index contributed by atoms with van der Waals surface area (Å²) < 4.78 is 5.36. The van der Waals surface area contributed by atoms with Crippen LogP contribution < -0.4 is 5.32 Å². The number of benzene rings is 1. The molecule has 2 rings (SSSR count). The van der Waals surface area contributed by atoms with Crippen molar-refractivity contribution in [3.63, 3.8) is 0 Å². The topological polar surface area (TPSA) is 53.0 Å². The van der Waals surface area contributed by atoms with Crippen molar-refractivity contribution in [1.29, 1.82) is 0 Å². The minimum atomic E-state index is 0. The molecule has 0 amide bonds. The molecule has 0 aliphatic heterocycles. The third-order valence-corrected chi connectivity index (χ3v) is 5.82. The number of rotatable bonds is 10. The van der Waals surface area contributed by atoms with Crippen LogP contribution >= 0.6 is 35.3 Å². The molecule has 30 heavy (non-hydrogen) atoms. The summed E-state index contributed by atoms with van der Waals surface area (Å²) in [6, 6.07) is 8.69. The van der Waals surface area contributed by atoms with Crippen LogP contribution in [0.25, 0.3) is 0 Å². The molecule has 0 radical (unpaired) electrons. The number of hydrogen-bond acceptors (Lipinski definition) is 5. The average molecular weight is 546 g/mol. The van der Waals surface area contributed by atoms with Crippen LogP contribution in [-0.2, 0) is 24.4 Å². The number of aromatic nitrogens is 1. The predicted octanol–water partition coefficient (Wildman–Crippen LogP) is 4.52. The fourth-order valence-corrected chi connectivity index (χ4v) is 3.73. The lowest BCUT2D eigenvalue weighted by molar-refractivity contribution is 0.119. The minimum Gasteiger partial charge on any atom is -0.375 e. The lowest BCUT2D eigenvalue weighted by Crippen LogP contribution is -2.38. The van der Waals surface area contributed by atoms with E-state index in [9.17, 15) is 0 Å². The molecule has 1 atom stereocenters. The van der Waals surface area contributed by atoms with Crippen LogP contribution in [0.4, 0.5) is 0 Å². The van der Waals surface area contributed by atoms with Crippen molar-refractivity contribution in [3.8, 4) is 0 Å². The average Bonchev–Trinajstić information content (AvgIpc) is 3.19. The van der Waals surface area contributed by atoms with Crippen LogP contribution in [0.15, 0.2) is 34.6 Å². The van der Waals surface area contributed by atoms with E-state index in [1.807, 2.05) is 14.0 Å². The van der Waals surface area contributed by atoms with Crippen molar-refractivity contribution in [1.82, 2.24) is 20.1 Å². The highest BCUT2D eigenvalue weighted by molar-refractivity contribution is 14.0. The Morgan fingerprint density at radius 2 is 1.97 bits per heavy atom. The SMILES string of the molecule is CCNC(=NCc1cccc(CN(C)CC)c1)N(C)Cc1csc(C(C)OC)n1.I. The molecule has 1 unspecified atom stereocenters. The zero-order valence-corrected chi connectivity index (χ0v) is 22.2. The third kappa shape index (κ3) is 8.49. The van der Waals surface area contributed by atoms with Crippen molar-refractivity contribution < 1.29 is 4.74 Å². The Balaban J connectivity index is 0.00000450. The van der Waals surface area contributed by atoms with Gasteiger partial charge in [-0.3, -0.25) is 0 Å². The van der Waals surface area contributed by atoms with Crippen LogP contribution in [0.5, 0.6) is 0 Å². The van der Waals surface area contributed by atoms with E-state index in [0.29, 0.717) is 13.1 Å². The summed E-state index contributed by atoms with van der Waals surface area (Å²) >= 11 is 1.64. The van der Waals surface area contributed by atoms with Crippen LogP contribution in [0.3, 0.4) is 0 Å². The van der Waals surface area contributed by atoms with E-state index in [2.05, 4.69) is 65.7 Å². The van der Waals surface area contributed by atoms with Crippen molar-refractivity contribution in [2.24, 2.45) is 4.99 Å². The highest BCUT2D eigenvalue weighted by Gasteiger charge is 2.12. The standard InChI is InChI=1S/C22H35N5OS.HI/c1-7-23-22(27(5)15-20-16-29-21(25-20)17(3)28-6)24-13-18-10-9-11-19(12-18)14-26(4)8-2;/h9-12,16-17H,7-8,13-15H2,1-6H3,(H,23,24);1H. The van der Waals surface area contributed by atoms with Gasteiger partial charge >= 0.3 is 0 Å². The molecule has 2 aromatic rings. The van der Waals surface area contributed by atoms with Gasteiger partial charge in [0.1, 0.15) is 11.1 Å². The van der Waals surface area contributed by atoms with Crippen molar-refractivity contribution in [2.75, 3.05) is 34.3 Å². The van der Waals surface area contributed by atoms with Gasteiger partial charge in [0.25, 0.3) is 0 Å². The number of nitrogens with zero attached hydrogens (tertiary/aromatic N) is 4. The van der Waals surface area contributed by atoms with Gasteiger partial charge in [-0.2, -0.15) is 0 Å². The smallest absolute Gasteiger partial charge is 0.194 e. The monoisotopic (exact) mass is 545 g/mol. The molecule has 0 saturated heterocycles. The molecule has 1 N–H and O–H groups in total. The molecule has 0 aliphatic carbocycles. The predicted molar refractivity (Wildman–Crippen MR) is 138 cm³/mol. The van der Waals surface area contributed by atoms with Crippen LogP contribution in [0, 0.1) is 0 Å². The fraction of sp³-hybridized carbons (Fsp3) is 0.545. The van der Waals surface area contributed by atoms with Crippen molar-refractivity contribution in [2.45, 2.75) is 46.5 Å². The van der Waals surface area contributed by atoms with Crippen molar-refractivity contribution >= 4 is 41.3 Å². The Hall–Kier alpha value is -1.23. The molecule has 8 heteroatoms. The molecule has 0 aliphatic rings. The second-order valence-corrected chi connectivity index (χ2v) is 8.12. The molecule has 1 heterocycles. The van der Waals surface area contributed by atoms with Crippen LogP contribution in [-0.4, -0.2) is 55.0 Å². The summed E-state index contributed by atoms with van der Waals surface area (Å²) in [4.78, 5) is 14.0. The number of thiazole rings is 1. The Bertz CT molecular complexity index is 782. The fourth-order valence-electron chi connectivity index (χ4n) is 2.89. The summed E-state index contributed by atoms with van der Waals surface area (Å²) in [5.74, 6) is 0.887. The van der Waals surface area contributed by atoms with E-state index < -0.39 is 0 Å². The molecule has 0 bridgehead atoms. The van der Waals surface area contributed by atoms with Gasteiger partial charge in [-0.1, -0.05) is 31.2 Å². The maximum atomic E-state index is 5.36. The molecular formula is C22H36IN5OS. The Labute approximate surface area is 202 Å². The number of nitrogens with one attached hydrogen (secondary N) is 1. The van der Waals surface area contributed by atoms with Crippen LogP contribution in [0.1, 0.15) is 48.7 Å². The minimum absolute atomic E-state index is 0. The Morgan fingerprint density at radius 3 is 2.63 bits per heavy atom. The van der Waals surface area contributed by atoms with Crippen molar-refractivity contribution in [3.05, 3.63) is 51.5 Å². The summed E-state index contributed by atoms with van der Waals surface area (Å²) in [6.45, 7) is 10.5. The zero-order valence-electron chi connectivity index (χ0n) is 19.0. The second kappa shape index (κ2) is 14.0. The third-order valence-electron chi connectivity index (χ3n) is 4.76. The van der Waals surface area contributed by atoms with E-state index >= 15 is 0 Å². The Kier molecular flexibility index (Phi) is 12.5. The van der Waals surface area contributed by atoms with Gasteiger partial charge in [0, 0.05) is 32.6 Å². The maximum Gasteiger partial charge on any atom is 0.194 e. The molecule has 6 nitrogen and oxygen atoms in total. The number of guanidine groups is 1. The first kappa shape index (κ1) is 26.8. The first-order valence-electron chi connectivity index (χ1n) is 10.2. The number of hydrogen-bond donors (Lipinski definition) is 1. The molecule has 168 valence electrons. The van der Waals surface area contributed by atoms with E-state index in [1.54, 1.807) is 18.4 Å². The summed E-state index contributed by atoms with van der Waals surface area (Å²) in [6.07, 6.45) is 0.0278. The number of aliphatic imine (C=N–C) groups is 1. The molecule has 1 aromatic heterocycles. The van der Waals surface area contributed by atoms with Gasteiger partial charge in [0.2, 0.25) is 0 Å². The van der Waals surface area contributed by atoms with Gasteiger partial charge in [-0.15, -0.1) is 35.3 Å². The van der Waals surface area contributed by atoms with E-state index in [1.165, 1.54) is 11.1 Å². The molecule has 0 fully saturated rings. The van der Waals surface area contributed by atoms with Gasteiger partial charge < -0.3 is 19.9 Å². The number of ether oxygens (including phenoxy) is 1. The molecule has 1 aromatic carbocycles. The maximum absolute atomic E-state index is 5.36. The van der Waals surface area contributed by atoms with Crippen LogP contribution in [0.2, 0.25) is 0 Å². The summed E-state index contributed by atoms with van der Waals surface area (Å²) in [7, 11) is 5.90. The lowest BCUT2D eigenvalue weighted by atomic mass is 10.1. The van der Waals surface area contributed by atoms with Gasteiger partial charge in [-0.25, -0.2) is 9.98 Å². The van der Waals surface area contributed by atoms with Gasteiger partial charge in [-0.05, 0) is 38.6 Å². The normalized spacial score (nSPS) is 12.6. The van der Waals surface area contributed by atoms with E-state index in [-0.39, 0.29) is 30.1 Å². The van der Waals surface area contributed by atoms with Gasteiger partial charge in [0.05, 0.1) is 18.8 Å². The van der Waals surface area contributed by atoms with E-state index in [0.717, 1.165) is 36.3 Å². The largest absolute Gasteiger partial charge is 0.375 e. The number of halogens is 1. The Morgan fingerprint density at radius 1 is 1.23 bits per heavy atom. The lowest BCUT2D eigenvalue weighted by Gasteiger charge is -2.21. The van der Waals surface area contributed by atoms with E-state index in [4.69, 9.17) is 14.7 Å². The first-order valence-corrected chi connectivity index (χ1v) is 11.1. The highest BCUT2D eigenvalue weighted by atomic mass is 127. The summed E-state index contributed by atoms with van der Waals surface area (Å²) in [5, 5.41) is 6.49. The quantitative estimate of drug-likeness (QED) is 0.271. The number of methoxy groups -OCH3 is 1. The molecular weight excluding hydrogens is 509 g/mol. The zero-order chi connectivity index (χ0) is 21.2. The highest BCUT2D eigenvalue weighted by Crippen LogP contribution is 2.21. The first-order chi connectivity index (χ1) is 14.0. The van der Waals surface area contributed by atoms with Gasteiger partial charge in [0.15, 0.2) is 5.96 Å². The molecule has 0 spiro atoms.